The lowest BCUT2D eigenvalue weighted by molar-refractivity contribution is -0.117. The van der Waals surface area contributed by atoms with Crippen LogP contribution in [0.2, 0.25) is 0 Å². The van der Waals surface area contributed by atoms with Crippen molar-refractivity contribution in [3.63, 3.8) is 0 Å². The van der Waals surface area contributed by atoms with Gasteiger partial charge in [-0.05, 0) is 42.7 Å². The number of aromatic nitrogens is 2. The molecule has 2 heterocycles. The van der Waals surface area contributed by atoms with Gasteiger partial charge in [0.25, 0.3) is 5.56 Å². The lowest BCUT2D eigenvalue weighted by Crippen LogP contribution is -2.36. The Labute approximate surface area is 218 Å². The minimum absolute atomic E-state index is 0.0472. The summed E-state index contributed by atoms with van der Waals surface area (Å²) in [7, 11) is 0. The Bertz CT molecular complexity index is 1410. The number of anilines is 3. The number of benzene rings is 3. The Morgan fingerprint density at radius 1 is 0.972 bits per heavy atom. The van der Waals surface area contributed by atoms with Gasteiger partial charge in [-0.15, -0.1) is 0 Å². The van der Waals surface area contributed by atoms with Crippen molar-refractivity contribution in [3.8, 4) is 0 Å². The van der Waals surface area contributed by atoms with E-state index < -0.39 is 10.8 Å². The molecule has 1 aliphatic rings. The SMILES string of the molecule is CC[C@H](Sc1nc(=O)cc(N)n1CCc1ccccc1)C(=O)N1c2ccccc2Sc2ccccc21. The van der Waals surface area contributed by atoms with Gasteiger partial charge in [0.2, 0.25) is 5.91 Å². The number of thioether (sulfide) groups is 1. The first kappa shape index (κ1) is 24.2. The summed E-state index contributed by atoms with van der Waals surface area (Å²) in [4.78, 5) is 34.5. The number of aryl methyl sites for hydroxylation is 1. The van der Waals surface area contributed by atoms with Crippen molar-refractivity contribution in [1.82, 2.24) is 9.55 Å². The van der Waals surface area contributed by atoms with Crippen LogP contribution in [0.4, 0.5) is 17.2 Å². The predicted molar refractivity (Wildman–Crippen MR) is 147 cm³/mol. The highest BCUT2D eigenvalue weighted by molar-refractivity contribution is 8.00. The molecular weight excluding hydrogens is 488 g/mol. The van der Waals surface area contributed by atoms with E-state index in [9.17, 15) is 9.59 Å². The third-order valence-corrected chi connectivity index (χ3v) is 8.51. The molecule has 0 fully saturated rings. The Hall–Kier alpha value is -3.49. The van der Waals surface area contributed by atoms with Crippen LogP contribution < -0.4 is 16.2 Å². The van der Waals surface area contributed by atoms with Crippen molar-refractivity contribution in [2.45, 2.75) is 46.5 Å². The van der Waals surface area contributed by atoms with Crippen molar-refractivity contribution in [3.05, 3.63) is 101 Å². The Morgan fingerprint density at radius 3 is 2.22 bits per heavy atom. The van der Waals surface area contributed by atoms with Crippen LogP contribution in [0.5, 0.6) is 0 Å². The van der Waals surface area contributed by atoms with E-state index >= 15 is 0 Å². The molecular formula is C28H26N4O2S2. The van der Waals surface area contributed by atoms with Crippen LogP contribution in [0.3, 0.4) is 0 Å². The van der Waals surface area contributed by atoms with Gasteiger partial charge in [0.15, 0.2) is 5.16 Å². The average molecular weight is 515 g/mol. The molecule has 0 radical (unpaired) electrons. The molecule has 1 aliphatic heterocycles. The Balaban J connectivity index is 1.47. The van der Waals surface area contributed by atoms with Gasteiger partial charge in [-0.1, -0.05) is 85.0 Å². The Morgan fingerprint density at radius 2 is 1.58 bits per heavy atom. The summed E-state index contributed by atoms with van der Waals surface area (Å²) in [5.41, 5.74) is 8.75. The summed E-state index contributed by atoms with van der Waals surface area (Å²) in [5.74, 6) is 0.301. The van der Waals surface area contributed by atoms with Crippen molar-refractivity contribution in [2.75, 3.05) is 10.6 Å². The molecule has 0 spiro atoms. The fraction of sp³-hybridized carbons (Fsp3) is 0.179. The van der Waals surface area contributed by atoms with Gasteiger partial charge in [-0.25, -0.2) is 0 Å². The van der Waals surface area contributed by atoms with Gasteiger partial charge in [0.1, 0.15) is 5.82 Å². The van der Waals surface area contributed by atoms with Gasteiger partial charge in [0.05, 0.1) is 16.6 Å². The van der Waals surface area contributed by atoms with Crippen LogP contribution >= 0.6 is 23.5 Å². The first-order valence-electron chi connectivity index (χ1n) is 11.8. The number of nitrogens with zero attached hydrogens (tertiary/aromatic N) is 3. The first-order chi connectivity index (χ1) is 17.5. The fourth-order valence-corrected chi connectivity index (χ4v) is 6.38. The second-order valence-electron chi connectivity index (χ2n) is 8.41. The van der Waals surface area contributed by atoms with E-state index in [0.29, 0.717) is 23.9 Å². The first-order valence-corrected chi connectivity index (χ1v) is 13.5. The summed E-state index contributed by atoms with van der Waals surface area (Å²) in [6, 6.07) is 27.3. The summed E-state index contributed by atoms with van der Waals surface area (Å²) in [6.07, 6.45) is 1.30. The zero-order valence-corrected chi connectivity index (χ0v) is 21.5. The predicted octanol–water partition coefficient (Wildman–Crippen LogP) is 5.77. The van der Waals surface area contributed by atoms with Crippen molar-refractivity contribution in [1.29, 1.82) is 0 Å². The number of amides is 1. The highest BCUT2D eigenvalue weighted by Crippen LogP contribution is 2.48. The number of rotatable bonds is 7. The van der Waals surface area contributed by atoms with E-state index in [1.807, 2.05) is 78.2 Å². The van der Waals surface area contributed by atoms with E-state index in [4.69, 9.17) is 5.73 Å². The monoisotopic (exact) mass is 514 g/mol. The minimum atomic E-state index is -0.453. The van der Waals surface area contributed by atoms with Crippen LogP contribution in [-0.4, -0.2) is 20.7 Å². The summed E-state index contributed by atoms with van der Waals surface area (Å²) < 4.78 is 1.84. The number of carbonyl (C=O) groups excluding carboxylic acids is 1. The van der Waals surface area contributed by atoms with E-state index in [2.05, 4.69) is 17.1 Å². The largest absolute Gasteiger partial charge is 0.385 e. The molecule has 4 aromatic rings. The molecule has 1 aromatic heterocycles. The number of carbonyl (C=O) groups is 1. The number of hydrogen-bond acceptors (Lipinski definition) is 6. The van der Waals surface area contributed by atoms with Crippen LogP contribution in [0.15, 0.2) is 105 Å². The number of nitrogens with two attached hydrogens (primary N) is 1. The van der Waals surface area contributed by atoms with Gasteiger partial charge in [0, 0.05) is 22.4 Å². The van der Waals surface area contributed by atoms with Crippen molar-refractivity contribution >= 4 is 46.6 Å². The molecule has 0 bridgehead atoms. The lowest BCUT2D eigenvalue weighted by Gasteiger charge is -2.33. The Kier molecular flexibility index (Phi) is 7.16. The van der Waals surface area contributed by atoms with E-state index in [-0.39, 0.29) is 5.91 Å². The fourth-order valence-electron chi connectivity index (χ4n) is 4.22. The molecule has 2 N–H and O–H groups in total. The molecule has 182 valence electrons. The molecule has 0 aliphatic carbocycles. The molecule has 5 rings (SSSR count). The average Bonchev–Trinajstić information content (AvgIpc) is 2.90. The molecule has 8 heteroatoms. The summed E-state index contributed by atoms with van der Waals surface area (Å²) in [5, 5.41) is 0.00923. The summed E-state index contributed by atoms with van der Waals surface area (Å²) >= 11 is 2.97. The molecule has 6 nitrogen and oxygen atoms in total. The second kappa shape index (κ2) is 10.6. The van der Waals surface area contributed by atoms with Crippen molar-refractivity contribution < 1.29 is 4.79 Å². The maximum absolute atomic E-state index is 14.1. The van der Waals surface area contributed by atoms with Crippen LogP contribution in [0.1, 0.15) is 18.9 Å². The van der Waals surface area contributed by atoms with Gasteiger partial charge in [-0.3, -0.25) is 14.5 Å². The van der Waals surface area contributed by atoms with E-state index in [1.54, 1.807) is 16.7 Å². The van der Waals surface area contributed by atoms with Crippen LogP contribution in [-0.2, 0) is 17.8 Å². The summed E-state index contributed by atoms with van der Waals surface area (Å²) in [6.45, 7) is 2.53. The van der Waals surface area contributed by atoms with Gasteiger partial charge < -0.3 is 10.3 Å². The van der Waals surface area contributed by atoms with Gasteiger partial charge in [-0.2, -0.15) is 4.98 Å². The smallest absolute Gasteiger partial charge is 0.275 e. The molecule has 3 aromatic carbocycles. The zero-order chi connectivity index (χ0) is 25.1. The maximum atomic E-state index is 14.1. The van der Waals surface area contributed by atoms with Gasteiger partial charge >= 0.3 is 0 Å². The lowest BCUT2D eigenvalue weighted by atomic mass is 10.1. The van der Waals surface area contributed by atoms with Crippen LogP contribution in [0, 0.1) is 0 Å². The number of fused-ring (bicyclic) bond motifs is 2. The topological polar surface area (TPSA) is 81.2 Å². The highest BCUT2D eigenvalue weighted by Gasteiger charge is 2.33. The molecule has 36 heavy (non-hydrogen) atoms. The third-order valence-electron chi connectivity index (χ3n) is 6.03. The highest BCUT2D eigenvalue weighted by atomic mass is 32.2. The molecule has 1 amide bonds. The number of hydrogen-bond donors (Lipinski definition) is 1. The third kappa shape index (κ3) is 4.92. The molecule has 1 atom stereocenters. The second-order valence-corrected chi connectivity index (χ2v) is 10.7. The maximum Gasteiger partial charge on any atom is 0.275 e. The number of para-hydroxylation sites is 2. The minimum Gasteiger partial charge on any atom is -0.385 e. The molecule has 0 saturated carbocycles. The molecule has 0 saturated heterocycles. The zero-order valence-electron chi connectivity index (χ0n) is 19.8. The molecule has 0 unspecified atom stereocenters. The quantitative estimate of drug-likeness (QED) is 0.249. The standard InChI is InChI=1S/C28H26N4O2S2/c1-2-22(27(34)32-20-12-6-8-14-23(20)35-24-15-9-7-13-21(24)32)36-28-30-26(33)18-25(29)31(28)17-16-19-10-4-3-5-11-19/h3-15,18,22H,2,16-17,29H2,1H3/t22-/m0/s1. The van der Waals surface area contributed by atoms with Crippen LogP contribution in [0.25, 0.3) is 0 Å². The van der Waals surface area contributed by atoms with E-state index in [0.717, 1.165) is 33.2 Å². The van der Waals surface area contributed by atoms with E-state index in [1.165, 1.54) is 17.8 Å². The van der Waals surface area contributed by atoms with Crippen molar-refractivity contribution in [2.24, 2.45) is 0 Å². The normalized spacial score (nSPS) is 13.1. The number of nitrogen functional groups attached to an aromatic ring is 1.